The zero-order valence-corrected chi connectivity index (χ0v) is 67.7. The molecular formula is C71H100Cl3N14NaO21S2. The molecule has 7 aliphatic rings. The summed E-state index contributed by atoms with van der Waals surface area (Å²) < 4.78 is 80.0. The third-order valence-corrected chi connectivity index (χ3v) is 21.6. The van der Waals surface area contributed by atoms with Gasteiger partial charge in [-0.05, 0) is 159 Å². The average Bonchev–Trinajstić information content (AvgIpc) is 1.57. The van der Waals surface area contributed by atoms with E-state index in [1.54, 1.807) is 99.6 Å². The van der Waals surface area contributed by atoms with Crippen LogP contribution in [0.2, 0.25) is 15.7 Å². The molecule has 4 aromatic heterocycles. The zero-order valence-electron chi connectivity index (χ0n) is 62.8. The summed E-state index contributed by atoms with van der Waals surface area (Å²) in [5, 5.41) is 35.2. The summed E-state index contributed by atoms with van der Waals surface area (Å²) in [6, 6.07) is 8.71. The van der Waals surface area contributed by atoms with E-state index in [2.05, 4.69) is 62.8 Å². The van der Waals surface area contributed by atoms with E-state index in [1.807, 2.05) is 12.1 Å². The minimum absolute atomic E-state index is 0. The van der Waals surface area contributed by atoms with Gasteiger partial charge in [0, 0.05) is 56.4 Å². The second-order valence-corrected chi connectivity index (χ2v) is 34.6. The van der Waals surface area contributed by atoms with Crippen LogP contribution in [-0.2, 0) is 58.2 Å². The topological polar surface area (TPSA) is 463 Å². The predicted octanol–water partition coefficient (Wildman–Crippen LogP) is 6.61. The third-order valence-electron chi connectivity index (χ3n) is 17.4. The van der Waals surface area contributed by atoms with E-state index in [9.17, 15) is 65.4 Å². The number of ketones is 1. The number of carboxylic acids is 2. The van der Waals surface area contributed by atoms with Gasteiger partial charge in [-0.3, -0.25) is 38.5 Å². The third kappa shape index (κ3) is 27.0. The number of β-amino-alcohol motifs (C(OH)–C–C–N with tert-alkyl or cyclic N) is 1. The van der Waals surface area contributed by atoms with Crippen LogP contribution in [0.1, 0.15) is 157 Å². The molecule has 5 amide bonds. The summed E-state index contributed by atoms with van der Waals surface area (Å²) in [5.41, 5.74) is -2.81. The van der Waals surface area contributed by atoms with E-state index in [1.165, 1.54) is 40.5 Å². The fourth-order valence-electron chi connectivity index (χ4n) is 11.4. The minimum Gasteiger partial charge on any atom is -1.00 e. The van der Waals surface area contributed by atoms with Gasteiger partial charge in [0.1, 0.15) is 57.3 Å². The van der Waals surface area contributed by atoms with Gasteiger partial charge in [0.2, 0.25) is 54.2 Å². The number of aliphatic hydroxyl groups excluding tert-OH is 1. The Morgan fingerprint density at radius 1 is 0.607 bits per heavy atom. The van der Waals surface area contributed by atoms with E-state index in [-0.39, 0.29) is 156 Å². The van der Waals surface area contributed by atoms with Gasteiger partial charge in [0.25, 0.3) is 0 Å². The molecule has 4 aliphatic carbocycles. The number of nitrogens with zero attached hydrogens (tertiary/aromatic N) is 12. The quantitative estimate of drug-likeness (QED) is 0.0191. The number of sulfonamides is 2. The fourth-order valence-corrected chi connectivity index (χ4v) is 14.7. The van der Waals surface area contributed by atoms with Gasteiger partial charge in [0.15, 0.2) is 5.78 Å². The van der Waals surface area contributed by atoms with Crippen LogP contribution in [-0.4, -0.2) is 223 Å². The van der Waals surface area contributed by atoms with Gasteiger partial charge in [-0.15, -0.1) is 18.3 Å². The summed E-state index contributed by atoms with van der Waals surface area (Å²) in [6.45, 7) is 24.6. The molecule has 4 saturated carbocycles. The van der Waals surface area contributed by atoms with Gasteiger partial charge in [-0.25, -0.2) is 60.7 Å². The molecule has 5 N–H and O–H groups in total. The predicted molar refractivity (Wildman–Crippen MR) is 407 cm³/mol. The molecule has 112 heavy (non-hydrogen) atoms. The van der Waals surface area contributed by atoms with Crippen molar-refractivity contribution in [1.82, 2.24) is 69.2 Å². The molecule has 12 rings (SSSR count). The standard InChI is InChI=1S/C30H35N7O8S.C14H18ClN3O5.C10H17NO5.C10H15NO3S.C4H2Cl2N2.3CH4.Na.H/c1-5-18-15-30(18,26(39)34-46(41,42)20-10-11-20)16-24(38)23-14-19(17-36(23)28(40)44-29(2,3)4)43-25-12-13-31-27(32-25)45-37-22-9-7-6-8-21(22)33-35-37;1-14(2,3)23-13(21)18-7-8(6-9(18)11(19)20)22-10-4-5-16-12(15)17-10;1-10(2,3)16-9(15)11-5-6(12)4-7(11)8(13)14;1-3-7-6-10(7,2)9(12)11-15(13,14)8-4-5-8;5-3-1-2-7-4(6)8-3;;;;;/h5-9,12-13,18-20,23H,1,10-11,14-17H2,2-4H3,(H,34,39);4-5,8-9H,6-7H2,1-3H3,(H,19,20);6-7,12H,4-5H2,1-3H3,(H,13,14);3,7-8H,1,4-6H2,2H3,(H,11,12);1-2H;3*1H4;;/q;;;;;;;;+1;-1/t18?,19-,23+,30?;8-,9+;6-,7+;;;;;;;/m111......./s1. The van der Waals surface area contributed by atoms with Crippen molar-refractivity contribution in [2.75, 3.05) is 19.6 Å². The molecule has 0 bridgehead atoms. The molecule has 3 aliphatic heterocycles. The molecule has 7 heterocycles. The number of hydrogen-bond donors (Lipinski definition) is 5. The molecule has 0 radical (unpaired) electrons. The maximum Gasteiger partial charge on any atom is 1.00 e. The molecule has 0 spiro atoms. The summed E-state index contributed by atoms with van der Waals surface area (Å²) >= 11 is 16.4. The number of amides is 5. The normalized spacial score (nSPS) is 23.3. The number of ether oxygens (including phenoxy) is 5. The van der Waals surface area contributed by atoms with Gasteiger partial charge in [-0.2, -0.15) is 9.97 Å². The van der Waals surface area contributed by atoms with Crippen LogP contribution in [0.5, 0.6) is 17.8 Å². The van der Waals surface area contributed by atoms with Crippen LogP contribution in [0.15, 0.2) is 86.4 Å². The summed E-state index contributed by atoms with van der Waals surface area (Å²) in [7, 11) is -7.21. The Labute approximate surface area is 689 Å². The number of nitrogens with one attached hydrogen (secondary N) is 2. The number of rotatable bonds is 19. The maximum absolute atomic E-state index is 13.9. The van der Waals surface area contributed by atoms with Crippen LogP contribution < -0.4 is 53.3 Å². The first-order valence-electron chi connectivity index (χ1n) is 34.1. The number of benzene rings is 1. The summed E-state index contributed by atoms with van der Waals surface area (Å²) in [5.74, 6) is -3.64. The fraction of sp³-hybridized carbons (Fsp3) is 0.577. The molecular weight excluding hydrogens is 1580 g/mol. The molecule has 5 aromatic rings. The molecule has 4 unspecified atom stereocenters. The number of likely N-dealkylation sites (tertiary alicyclic amines) is 3. The molecule has 1 aromatic carbocycles. The monoisotopic (exact) mass is 1680 g/mol. The van der Waals surface area contributed by atoms with Crippen molar-refractivity contribution >= 4 is 114 Å². The number of carbonyl (C=O) groups is 8. The molecule has 35 nitrogen and oxygen atoms in total. The largest absolute Gasteiger partial charge is 1.00 e. The number of aliphatic carboxylic acids is 2. The Kier molecular flexibility index (Phi) is 33.7. The maximum atomic E-state index is 13.9. The Bertz CT molecular complexity index is 4420. The van der Waals surface area contributed by atoms with Crippen molar-refractivity contribution in [3.8, 4) is 17.8 Å². The Morgan fingerprint density at radius 3 is 1.50 bits per heavy atom. The number of carbonyl (C=O) groups excluding carboxylic acids is 6. The number of para-hydroxylation sites is 1. The number of aromatic nitrogens is 9. The van der Waals surface area contributed by atoms with E-state index >= 15 is 0 Å². The first kappa shape index (κ1) is 96.2. The van der Waals surface area contributed by atoms with Crippen molar-refractivity contribution in [2.24, 2.45) is 22.7 Å². The number of allylic oxidation sites excluding steroid dienone is 2. The number of aliphatic hydroxyl groups is 1. The van der Waals surface area contributed by atoms with E-state index in [4.69, 9.17) is 68.4 Å². The van der Waals surface area contributed by atoms with Crippen molar-refractivity contribution in [1.29, 1.82) is 0 Å². The minimum atomic E-state index is -3.82. The average molecular weight is 1680 g/mol. The summed E-state index contributed by atoms with van der Waals surface area (Å²) in [4.78, 5) is 132. The first-order chi connectivity index (χ1) is 50.3. The smallest absolute Gasteiger partial charge is 1.00 e. The zero-order chi connectivity index (χ0) is 79.8. The van der Waals surface area contributed by atoms with E-state index in [0.29, 0.717) is 48.3 Å². The molecule has 10 atom stereocenters. The number of hydrogen-bond acceptors (Lipinski definition) is 27. The Morgan fingerprint density at radius 2 is 1.05 bits per heavy atom. The SMILES string of the molecule is C.C.C.C=CC1CC1(C)C(=O)NS(=O)(=O)C1CC1.C=CC1CC1(CC(=O)[C@@H]1C[C@@H](Oc2ccnc(On3nnc4ccccc43)n2)CN1C(=O)OC(C)(C)C)C(=O)NS(=O)(=O)C1CC1.CC(C)(C)OC(=O)N1C[C@H](O)C[C@H]1C(=O)O.CC(C)(C)OC(=O)N1C[C@H](Oc2ccnc(Cl)n2)C[C@H]1C(=O)O.Clc1ccnc(Cl)n1.[H-].[Na+]. The molecule has 7 fully saturated rings. The van der Waals surface area contributed by atoms with Gasteiger partial charge < -0.3 is 45.3 Å². The number of carboxylic acid groups (broad SMARTS) is 2. The van der Waals surface area contributed by atoms with Gasteiger partial charge >= 0.3 is 65.8 Å². The van der Waals surface area contributed by atoms with Crippen LogP contribution >= 0.6 is 34.8 Å². The first-order valence-corrected chi connectivity index (χ1v) is 38.4. The van der Waals surface area contributed by atoms with Gasteiger partial charge in [-0.1, -0.05) is 69.9 Å². The van der Waals surface area contributed by atoms with Crippen LogP contribution in [0.4, 0.5) is 14.4 Å². The molecule has 614 valence electrons. The second kappa shape index (κ2) is 39.2. The Balaban J connectivity index is 0.000000412. The van der Waals surface area contributed by atoms with Crippen molar-refractivity contribution in [3.05, 3.63) is 102 Å². The van der Waals surface area contributed by atoms with Crippen LogP contribution in [0, 0.1) is 22.7 Å². The van der Waals surface area contributed by atoms with Crippen molar-refractivity contribution < 1.29 is 130 Å². The molecule has 3 saturated heterocycles. The number of Topliss-reactive ketones (excluding diaryl/α,β-unsaturated/α-hetero) is 1. The van der Waals surface area contributed by atoms with Crippen molar-refractivity contribution in [2.45, 2.75) is 219 Å². The van der Waals surface area contributed by atoms with Crippen molar-refractivity contribution in [3.63, 3.8) is 0 Å². The van der Waals surface area contributed by atoms with E-state index in [0.717, 1.165) is 9.80 Å². The summed E-state index contributed by atoms with van der Waals surface area (Å²) in [6.07, 6.45) is 6.83. The van der Waals surface area contributed by atoms with Crippen LogP contribution in [0.3, 0.4) is 0 Å². The Hall–Kier alpha value is -8.17. The van der Waals surface area contributed by atoms with E-state index < -0.39 is 131 Å². The van der Waals surface area contributed by atoms with Crippen LogP contribution in [0.25, 0.3) is 11.0 Å². The molecule has 41 heteroatoms. The second-order valence-electron chi connectivity index (χ2n) is 29.7. The number of halogens is 3. The van der Waals surface area contributed by atoms with Gasteiger partial charge in [0.05, 0.1) is 53.1 Å². The number of fused-ring (bicyclic) bond motifs is 1.